The van der Waals surface area contributed by atoms with Crippen LogP contribution in [-0.4, -0.2) is 12.6 Å². The van der Waals surface area contributed by atoms with E-state index in [1.807, 2.05) is 6.08 Å². The topological polar surface area (TPSA) is 41.1 Å². The van der Waals surface area contributed by atoms with Gasteiger partial charge in [-0.2, -0.15) is 0 Å². The molecule has 0 unspecified atom stereocenters. The zero-order valence-electron chi connectivity index (χ0n) is 9.68. The van der Waals surface area contributed by atoms with Gasteiger partial charge in [0.1, 0.15) is 0 Å². The summed E-state index contributed by atoms with van der Waals surface area (Å²) < 4.78 is 0. The first-order chi connectivity index (χ1) is 6.45. The third-order valence-electron chi connectivity index (χ3n) is 1.61. The predicted molar refractivity (Wildman–Crippen MR) is 60.0 cm³/mol. The lowest BCUT2D eigenvalue weighted by Gasteiger charge is -2.11. The maximum atomic E-state index is 11.1. The van der Waals surface area contributed by atoms with Crippen molar-refractivity contribution in [3.63, 3.8) is 0 Å². The minimum absolute atomic E-state index is 0.108. The van der Waals surface area contributed by atoms with Crippen molar-refractivity contribution < 1.29 is 4.79 Å². The van der Waals surface area contributed by atoms with Gasteiger partial charge in [-0.05, 0) is 11.8 Å². The summed E-state index contributed by atoms with van der Waals surface area (Å²) >= 11 is 0. The highest BCUT2D eigenvalue weighted by Crippen LogP contribution is 2.13. The third-order valence-corrected chi connectivity index (χ3v) is 1.61. The molecular formula is C11H22N2O. The molecule has 0 aliphatic rings. The molecule has 0 radical (unpaired) electrons. The van der Waals surface area contributed by atoms with Crippen molar-refractivity contribution in [1.29, 1.82) is 0 Å². The molecule has 0 rings (SSSR count). The SMILES string of the molecule is CCCCNC(=O)N/C=C/C(C)(C)C. The van der Waals surface area contributed by atoms with E-state index < -0.39 is 0 Å². The molecule has 0 heterocycles. The normalized spacial score (nSPS) is 11.7. The van der Waals surface area contributed by atoms with Gasteiger partial charge in [0.2, 0.25) is 0 Å². The van der Waals surface area contributed by atoms with Crippen LogP contribution in [0.5, 0.6) is 0 Å². The van der Waals surface area contributed by atoms with Gasteiger partial charge in [-0.3, -0.25) is 0 Å². The molecule has 3 nitrogen and oxygen atoms in total. The quantitative estimate of drug-likeness (QED) is 0.670. The monoisotopic (exact) mass is 198 g/mol. The smallest absolute Gasteiger partial charge is 0.318 e. The Morgan fingerprint density at radius 2 is 2.00 bits per heavy atom. The number of unbranched alkanes of at least 4 members (excludes halogenated alkanes) is 1. The van der Waals surface area contributed by atoms with Gasteiger partial charge < -0.3 is 10.6 Å². The van der Waals surface area contributed by atoms with Gasteiger partial charge in [0.05, 0.1) is 0 Å². The maximum absolute atomic E-state index is 11.1. The molecule has 0 fully saturated rings. The maximum Gasteiger partial charge on any atom is 0.318 e. The Bertz CT molecular complexity index is 192. The second-order valence-electron chi connectivity index (χ2n) is 4.45. The molecule has 0 aromatic rings. The first kappa shape index (κ1) is 13.0. The van der Waals surface area contributed by atoms with Crippen molar-refractivity contribution in [2.75, 3.05) is 6.54 Å². The molecule has 0 saturated heterocycles. The number of hydrogen-bond acceptors (Lipinski definition) is 1. The van der Waals surface area contributed by atoms with Crippen LogP contribution in [0.2, 0.25) is 0 Å². The molecule has 0 aromatic carbocycles. The lowest BCUT2D eigenvalue weighted by atomic mass is 9.97. The second-order valence-corrected chi connectivity index (χ2v) is 4.45. The zero-order chi connectivity index (χ0) is 11.0. The Morgan fingerprint density at radius 3 is 2.50 bits per heavy atom. The molecule has 0 atom stereocenters. The molecular weight excluding hydrogens is 176 g/mol. The number of amides is 2. The van der Waals surface area contributed by atoms with Crippen LogP contribution in [0.1, 0.15) is 40.5 Å². The molecule has 0 aliphatic heterocycles. The van der Waals surface area contributed by atoms with E-state index in [2.05, 4.69) is 38.3 Å². The van der Waals surface area contributed by atoms with Gasteiger partial charge in [-0.15, -0.1) is 0 Å². The van der Waals surface area contributed by atoms with Crippen molar-refractivity contribution in [1.82, 2.24) is 10.6 Å². The second kappa shape index (κ2) is 6.46. The van der Waals surface area contributed by atoms with E-state index in [4.69, 9.17) is 0 Å². The number of rotatable bonds is 4. The first-order valence-electron chi connectivity index (χ1n) is 5.18. The standard InChI is InChI=1S/C11H22N2O/c1-5-6-8-12-10(14)13-9-7-11(2,3)4/h7,9H,5-6,8H2,1-4H3,(H2,12,13,14)/b9-7+. The van der Waals surface area contributed by atoms with Crippen molar-refractivity contribution in [2.45, 2.75) is 40.5 Å². The van der Waals surface area contributed by atoms with Crippen LogP contribution in [0.3, 0.4) is 0 Å². The van der Waals surface area contributed by atoms with Crippen molar-refractivity contribution in [3.05, 3.63) is 12.3 Å². The number of hydrogen-bond donors (Lipinski definition) is 2. The minimum Gasteiger partial charge on any atom is -0.338 e. The fourth-order valence-corrected chi connectivity index (χ4v) is 0.797. The Labute approximate surface area is 87.0 Å². The number of allylic oxidation sites excluding steroid dienone is 1. The highest BCUT2D eigenvalue weighted by atomic mass is 16.2. The molecule has 0 saturated carbocycles. The summed E-state index contributed by atoms with van der Waals surface area (Å²) in [5.74, 6) is 0. The van der Waals surface area contributed by atoms with E-state index in [9.17, 15) is 4.79 Å². The summed E-state index contributed by atoms with van der Waals surface area (Å²) in [6.45, 7) is 9.09. The first-order valence-corrected chi connectivity index (χ1v) is 5.18. The summed E-state index contributed by atoms with van der Waals surface area (Å²) in [4.78, 5) is 11.1. The fourth-order valence-electron chi connectivity index (χ4n) is 0.797. The van der Waals surface area contributed by atoms with Crippen LogP contribution in [0.4, 0.5) is 4.79 Å². The van der Waals surface area contributed by atoms with Gasteiger partial charge in [0.15, 0.2) is 0 Å². The molecule has 2 N–H and O–H groups in total. The van der Waals surface area contributed by atoms with Crippen LogP contribution in [0.25, 0.3) is 0 Å². The van der Waals surface area contributed by atoms with Gasteiger partial charge in [-0.25, -0.2) is 4.79 Å². The van der Waals surface area contributed by atoms with Crippen LogP contribution in [0, 0.1) is 5.41 Å². The number of nitrogens with one attached hydrogen (secondary N) is 2. The van der Waals surface area contributed by atoms with Crippen molar-refractivity contribution in [2.24, 2.45) is 5.41 Å². The number of carbonyl (C=O) groups excluding carboxylic acids is 1. The molecule has 2 amide bonds. The van der Waals surface area contributed by atoms with Crippen molar-refractivity contribution in [3.8, 4) is 0 Å². The third kappa shape index (κ3) is 9.10. The van der Waals surface area contributed by atoms with Gasteiger partial charge in [-0.1, -0.05) is 40.2 Å². The number of urea groups is 1. The van der Waals surface area contributed by atoms with Gasteiger partial charge in [0.25, 0.3) is 0 Å². The van der Waals surface area contributed by atoms with Crippen LogP contribution in [-0.2, 0) is 0 Å². The summed E-state index contributed by atoms with van der Waals surface area (Å²) in [7, 11) is 0. The Balaban J connectivity index is 3.59. The van der Waals surface area contributed by atoms with E-state index in [0.717, 1.165) is 19.4 Å². The number of carbonyl (C=O) groups is 1. The van der Waals surface area contributed by atoms with Crippen LogP contribution < -0.4 is 10.6 Å². The fraction of sp³-hybridized carbons (Fsp3) is 0.727. The highest BCUT2D eigenvalue weighted by molar-refractivity contribution is 5.74. The average molecular weight is 198 g/mol. The molecule has 3 heteroatoms. The summed E-state index contributed by atoms with van der Waals surface area (Å²) in [6, 6.07) is -0.126. The molecule has 0 aromatic heterocycles. The van der Waals surface area contributed by atoms with Gasteiger partial charge in [0, 0.05) is 12.7 Å². The molecule has 82 valence electrons. The van der Waals surface area contributed by atoms with Crippen LogP contribution in [0.15, 0.2) is 12.3 Å². The summed E-state index contributed by atoms with van der Waals surface area (Å²) in [6.07, 6.45) is 5.78. The molecule has 0 aliphatic carbocycles. The molecule has 14 heavy (non-hydrogen) atoms. The minimum atomic E-state index is -0.126. The Hall–Kier alpha value is -0.990. The Morgan fingerprint density at radius 1 is 1.36 bits per heavy atom. The van der Waals surface area contributed by atoms with E-state index in [1.165, 1.54) is 0 Å². The summed E-state index contributed by atoms with van der Waals surface area (Å²) in [5.41, 5.74) is 0.108. The van der Waals surface area contributed by atoms with E-state index in [-0.39, 0.29) is 11.4 Å². The van der Waals surface area contributed by atoms with Gasteiger partial charge >= 0.3 is 6.03 Å². The molecule has 0 bridgehead atoms. The largest absolute Gasteiger partial charge is 0.338 e. The summed E-state index contributed by atoms with van der Waals surface area (Å²) in [5, 5.41) is 5.44. The lowest BCUT2D eigenvalue weighted by molar-refractivity contribution is 0.244. The highest BCUT2D eigenvalue weighted by Gasteiger charge is 2.03. The van der Waals surface area contributed by atoms with Crippen molar-refractivity contribution >= 4 is 6.03 Å². The lowest BCUT2D eigenvalue weighted by Crippen LogP contribution is -2.32. The Kier molecular flexibility index (Phi) is 6.00. The van der Waals surface area contributed by atoms with E-state index >= 15 is 0 Å². The average Bonchev–Trinajstić information content (AvgIpc) is 2.02. The van der Waals surface area contributed by atoms with Crippen LogP contribution >= 0.6 is 0 Å². The zero-order valence-corrected chi connectivity index (χ0v) is 9.68. The molecule has 0 spiro atoms. The van der Waals surface area contributed by atoms with E-state index in [1.54, 1.807) is 6.20 Å². The predicted octanol–water partition coefficient (Wildman–Crippen LogP) is 2.65. The van der Waals surface area contributed by atoms with E-state index in [0.29, 0.717) is 0 Å².